The van der Waals surface area contributed by atoms with E-state index in [0.29, 0.717) is 18.4 Å². The molecule has 1 heterocycles. The van der Waals surface area contributed by atoms with E-state index in [9.17, 15) is 4.79 Å². The van der Waals surface area contributed by atoms with Crippen molar-refractivity contribution in [3.05, 3.63) is 0 Å². The third-order valence-corrected chi connectivity index (χ3v) is 6.18. The molecule has 0 spiro atoms. The topological polar surface area (TPSA) is 32.3 Å². The minimum absolute atomic E-state index is 0.247. The first-order valence-electron chi connectivity index (χ1n) is 8.19. The van der Waals surface area contributed by atoms with Crippen molar-refractivity contribution in [2.45, 2.75) is 63.5 Å². The molecular formula is C16H26N2O. The van der Waals surface area contributed by atoms with Crippen LogP contribution in [0.4, 0.5) is 0 Å². The Morgan fingerprint density at radius 1 is 1.11 bits per heavy atom. The van der Waals surface area contributed by atoms with Crippen molar-refractivity contribution in [2.24, 2.45) is 17.8 Å². The molecule has 1 N–H and O–H groups in total. The van der Waals surface area contributed by atoms with Gasteiger partial charge >= 0.3 is 0 Å². The highest BCUT2D eigenvalue weighted by Gasteiger charge is 2.55. The van der Waals surface area contributed by atoms with Crippen LogP contribution in [0.3, 0.4) is 0 Å². The number of rotatable bonds is 1. The first-order valence-corrected chi connectivity index (χ1v) is 8.19. The van der Waals surface area contributed by atoms with Gasteiger partial charge in [0.25, 0.3) is 0 Å². The van der Waals surface area contributed by atoms with Crippen LogP contribution in [-0.2, 0) is 4.79 Å². The quantitative estimate of drug-likeness (QED) is 0.785. The van der Waals surface area contributed by atoms with Crippen LogP contribution in [0.25, 0.3) is 0 Å². The zero-order valence-electron chi connectivity index (χ0n) is 12.0. The molecular weight excluding hydrogens is 236 g/mol. The zero-order valence-corrected chi connectivity index (χ0v) is 12.0. The summed E-state index contributed by atoms with van der Waals surface area (Å²) in [6.07, 6.45) is 8.96. The summed E-state index contributed by atoms with van der Waals surface area (Å²) in [5.74, 6) is 3.17. The molecule has 3 nitrogen and oxygen atoms in total. The van der Waals surface area contributed by atoms with E-state index in [0.717, 1.165) is 30.8 Å². The molecule has 19 heavy (non-hydrogen) atoms. The summed E-state index contributed by atoms with van der Waals surface area (Å²) in [6.45, 7) is 4.09. The Morgan fingerprint density at radius 3 is 2.26 bits per heavy atom. The molecule has 1 atom stereocenters. The lowest BCUT2D eigenvalue weighted by atomic mass is 9.52. The highest BCUT2D eigenvalue weighted by Crippen LogP contribution is 2.58. The lowest BCUT2D eigenvalue weighted by Gasteiger charge is -2.61. The fraction of sp³-hybridized carbons (Fsp3) is 0.938. The maximum absolute atomic E-state index is 12.6. The van der Waals surface area contributed by atoms with Gasteiger partial charge in [0.1, 0.15) is 0 Å². The second-order valence-electron chi connectivity index (χ2n) is 7.71. The van der Waals surface area contributed by atoms with Crippen LogP contribution in [0.5, 0.6) is 0 Å². The smallest absolute Gasteiger partial charge is 0.224 e. The molecule has 0 aromatic carbocycles. The Hall–Kier alpha value is -0.570. The van der Waals surface area contributed by atoms with E-state index in [1.54, 1.807) is 0 Å². The van der Waals surface area contributed by atoms with Crippen LogP contribution in [-0.4, -0.2) is 35.5 Å². The molecule has 4 saturated carbocycles. The van der Waals surface area contributed by atoms with Crippen LogP contribution < -0.4 is 5.32 Å². The van der Waals surface area contributed by atoms with E-state index in [2.05, 4.69) is 17.1 Å². The monoisotopic (exact) mass is 262 g/mol. The SMILES string of the molecule is CC1CNCCC(=O)N1C12CC3CC(CC(C3)C1)C2. The van der Waals surface area contributed by atoms with Crippen LogP contribution >= 0.6 is 0 Å². The van der Waals surface area contributed by atoms with Crippen molar-refractivity contribution in [3.63, 3.8) is 0 Å². The molecule has 1 aliphatic heterocycles. The maximum Gasteiger partial charge on any atom is 0.224 e. The number of carbonyl (C=O) groups excluding carboxylic acids is 1. The lowest BCUT2D eigenvalue weighted by molar-refractivity contribution is -0.154. The number of hydrogen-bond acceptors (Lipinski definition) is 2. The summed E-state index contributed by atoms with van der Waals surface area (Å²) >= 11 is 0. The Kier molecular flexibility index (Phi) is 2.70. The van der Waals surface area contributed by atoms with Crippen molar-refractivity contribution in [1.82, 2.24) is 10.2 Å². The second kappa shape index (κ2) is 4.21. The van der Waals surface area contributed by atoms with Gasteiger partial charge in [-0.05, 0) is 63.2 Å². The minimum atomic E-state index is 0.247. The summed E-state index contributed by atoms with van der Waals surface area (Å²) in [6, 6.07) is 0.381. The largest absolute Gasteiger partial charge is 0.333 e. The minimum Gasteiger partial charge on any atom is -0.333 e. The van der Waals surface area contributed by atoms with E-state index in [4.69, 9.17) is 0 Å². The van der Waals surface area contributed by atoms with E-state index >= 15 is 0 Å². The molecule has 5 aliphatic rings. The van der Waals surface area contributed by atoms with E-state index in [1.165, 1.54) is 38.5 Å². The Morgan fingerprint density at radius 2 is 1.68 bits per heavy atom. The Labute approximate surface area is 116 Å². The number of nitrogens with one attached hydrogen (secondary N) is 1. The van der Waals surface area contributed by atoms with Gasteiger partial charge in [0.2, 0.25) is 5.91 Å². The number of hydrogen-bond donors (Lipinski definition) is 1. The fourth-order valence-corrected chi connectivity index (χ4v) is 6.06. The zero-order chi connectivity index (χ0) is 13.0. The predicted octanol–water partition coefficient (Wildman–Crippen LogP) is 2.17. The van der Waals surface area contributed by atoms with E-state index in [1.807, 2.05) is 0 Å². The summed E-state index contributed by atoms with van der Waals surface area (Å²) in [5, 5.41) is 3.43. The summed E-state index contributed by atoms with van der Waals surface area (Å²) in [4.78, 5) is 15.0. The molecule has 4 bridgehead atoms. The molecule has 0 aromatic rings. The highest BCUT2D eigenvalue weighted by atomic mass is 16.2. The molecule has 5 fully saturated rings. The van der Waals surface area contributed by atoms with Gasteiger partial charge in [-0.25, -0.2) is 0 Å². The summed E-state index contributed by atoms with van der Waals surface area (Å²) < 4.78 is 0. The number of amides is 1. The van der Waals surface area contributed by atoms with E-state index < -0.39 is 0 Å². The average molecular weight is 262 g/mol. The molecule has 5 rings (SSSR count). The lowest BCUT2D eigenvalue weighted by Crippen LogP contribution is -2.64. The van der Waals surface area contributed by atoms with E-state index in [-0.39, 0.29) is 5.54 Å². The molecule has 1 unspecified atom stereocenters. The molecule has 106 valence electrons. The van der Waals surface area contributed by atoms with Crippen LogP contribution in [0.1, 0.15) is 51.9 Å². The van der Waals surface area contributed by atoms with Crippen LogP contribution in [0.15, 0.2) is 0 Å². The highest BCUT2D eigenvalue weighted by molar-refractivity contribution is 5.78. The standard InChI is InChI=1S/C16H26N2O/c1-11-10-17-3-2-15(19)18(11)16-7-12-4-13(8-16)6-14(5-12)9-16/h11-14,17H,2-10H2,1H3. The van der Waals surface area contributed by atoms with Gasteiger partial charge in [-0.3, -0.25) is 4.79 Å². The van der Waals surface area contributed by atoms with Gasteiger partial charge in [-0.15, -0.1) is 0 Å². The van der Waals surface area contributed by atoms with Crippen LogP contribution in [0, 0.1) is 17.8 Å². The third-order valence-electron chi connectivity index (χ3n) is 6.18. The molecule has 3 heteroatoms. The molecule has 1 amide bonds. The first-order chi connectivity index (χ1) is 9.16. The van der Waals surface area contributed by atoms with Gasteiger partial charge in [0, 0.05) is 31.1 Å². The maximum atomic E-state index is 12.6. The summed E-state index contributed by atoms with van der Waals surface area (Å²) in [5.41, 5.74) is 0.247. The van der Waals surface area contributed by atoms with Gasteiger partial charge in [-0.2, -0.15) is 0 Å². The number of nitrogens with zero attached hydrogens (tertiary/aromatic N) is 1. The van der Waals surface area contributed by atoms with Crippen molar-refractivity contribution >= 4 is 5.91 Å². The summed E-state index contributed by atoms with van der Waals surface area (Å²) in [7, 11) is 0. The third kappa shape index (κ3) is 1.84. The predicted molar refractivity (Wildman–Crippen MR) is 74.7 cm³/mol. The Balaban J connectivity index is 1.67. The van der Waals surface area contributed by atoms with Crippen molar-refractivity contribution in [2.75, 3.05) is 13.1 Å². The van der Waals surface area contributed by atoms with Crippen LogP contribution in [0.2, 0.25) is 0 Å². The van der Waals surface area contributed by atoms with Gasteiger partial charge in [0.15, 0.2) is 0 Å². The molecule has 4 aliphatic carbocycles. The average Bonchev–Trinajstić information content (AvgIpc) is 2.48. The number of carbonyl (C=O) groups is 1. The van der Waals surface area contributed by atoms with Gasteiger partial charge in [0.05, 0.1) is 0 Å². The van der Waals surface area contributed by atoms with Gasteiger partial charge in [-0.1, -0.05) is 0 Å². The fourth-order valence-electron chi connectivity index (χ4n) is 6.06. The molecule has 1 saturated heterocycles. The first kappa shape index (κ1) is 12.2. The van der Waals surface area contributed by atoms with Crippen molar-refractivity contribution in [1.29, 1.82) is 0 Å². The van der Waals surface area contributed by atoms with Gasteiger partial charge < -0.3 is 10.2 Å². The van der Waals surface area contributed by atoms with Crippen molar-refractivity contribution < 1.29 is 4.79 Å². The normalized spacial score (nSPS) is 49.5. The Bertz CT molecular complexity index is 357. The van der Waals surface area contributed by atoms with Crippen molar-refractivity contribution in [3.8, 4) is 0 Å². The second-order valence-corrected chi connectivity index (χ2v) is 7.71. The molecule has 0 radical (unpaired) electrons. The molecule has 0 aromatic heterocycles.